The number of fused-ring (bicyclic) bond motifs is 1. The molecule has 0 unspecified atom stereocenters. The number of hydrogen-bond donors (Lipinski definition) is 0. The number of nitrogens with zero attached hydrogens (tertiary/aromatic N) is 2. The van der Waals surface area contributed by atoms with E-state index in [4.69, 9.17) is 0 Å². The van der Waals surface area contributed by atoms with Gasteiger partial charge in [0.2, 0.25) is 0 Å². The lowest BCUT2D eigenvalue weighted by atomic mass is 10.1. The molecule has 3 heteroatoms. The SMILES string of the molecule is CCN(C)C(C)=Nc1cc2ccccc2cc1C=O. The molecule has 0 atom stereocenters. The summed E-state index contributed by atoms with van der Waals surface area (Å²) in [5.74, 6) is 0.904. The Balaban J connectivity index is 2.55. The first-order valence-electron chi connectivity index (χ1n) is 6.40. The maximum atomic E-state index is 11.2. The summed E-state index contributed by atoms with van der Waals surface area (Å²) in [6, 6.07) is 11.8. The lowest BCUT2D eigenvalue weighted by molar-refractivity contribution is 0.112. The predicted octanol–water partition coefficient (Wildman–Crippen LogP) is 3.65. The molecule has 0 amide bonds. The van der Waals surface area contributed by atoms with Gasteiger partial charge in [-0.2, -0.15) is 0 Å². The molecular formula is C16H18N2O. The zero-order valence-corrected chi connectivity index (χ0v) is 11.6. The Morgan fingerprint density at radius 3 is 2.47 bits per heavy atom. The van der Waals surface area contributed by atoms with E-state index in [0.717, 1.165) is 35.1 Å². The minimum atomic E-state index is 0.627. The van der Waals surface area contributed by atoms with E-state index in [0.29, 0.717) is 5.56 Å². The maximum absolute atomic E-state index is 11.2. The number of carbonyl (C=O) groups is 1. The number of aliphatic imine (C=N–C) groups is 1. The molecule has 0 saturated carbocycles. The van der Waals surface area contributed by atoms with E-state index >= 15 is 0 Å². The van der Waals surface area contributed by atoms with Crippen molar-refractivity contribution in [3.63, 3.8) is 0 Å². The van der Waals surface area contributed by atoms with Crippen LogP contribution >= 0.6 is 0 Å². The molecule has 2 aromatic carbocycles. The second-order valence-corrected chi connectivity index (χ2v) is 4.55. The maximum Gasteiger partial charge on any atom is 0.152 e. The van der Waals surface area contributed by atoms with Crippen LogP contribution < -0.4 is 0 Å². The molecule has 2 aromatic rings. The van der Waals surface area contributed by atoms with Gasteiger partial charge in [0, 0.05) is 19.2 Å². The first kappa shape index (κ1) is 13.3. The number of rotatable bonds is 3. The monoisotopic (exact) mass is 254 g/mol. The molecular weight excluding hydrogens is 236 g/mol. The van der Waals surface area contributed by atoms with Crippen LogP contribution in [0.4, 0.5) is 5.69 Å². The Morgan fingerprint density at radius 1 is 1.26 bits per heavy atom. The van der Waals surface area contributed by atoms with E-state index < -0.39 is 0 Å². The summed E-state index contributed by atoms with van der Waals surface area (Å²) in [6.45, 7) is 4.91. The van der Waals surface area contributed by atoms with Crippen LogP contribution in [0.3, 0.4) is 0 Å². The Morgan fingerprint density at radius 2 is 1.89 bits per heavy atom. The van der Waals surface area contributed by atoms with Gasteiger partial charge in [0.15, 0.2) is 6.29 Å². The van der Waals surface area contributed by atoms with Crippen LogP contribution in [0, 0.1) is 0 Å². The zero-order valence-electron chi connectivity index (χ0n) is 11.6. The number of aldehydes is 1. The van der Waals surface area contributed by atoms with Gasteiger partial charge in [-0.1, -0.05) is 24.3 Å². The first-order valence-corrected chi connectivity index (χ1v) is 6.40. The third-order valence-electron chi connectivity index (χ3n) is 3.33. The fourth-order valence-electron chi connectivity index (χ4n) is 1.93. The van der Waals surface area contributed by atoms with Crippen LogP contribution in [0.2, 0.25) is 0 Å². The molecule has 0 spiro atoms. The molecule has 0 bridgehead atoms. The standard InChI is InChI=1S/C16H18N2O/c1-4-18(3)12(2)17-16-10-14-8-6-5-7-13(14)9-15(16)11-19/h5-11H,4H2,1-3H3. The smallest absolute Gasteiger partial charge is 0.152 e. The largest absolute Gasteiger partial charge is 0.364 e. The summed E-state index contributed by atoms with van der Waals surface area (Å²) >= 11 is 0. The lowest BCUT2D eigenvalue weighted by Gasteiger charge is -2.16. The second kappa shape index (κ2) is 5.65. The van der Waals surface area contributed by atoms with Crippen LogP contribution in [-0.4, -0.2) is 30.6 Å². The van der Waals surface area contributed by atoms with Gasteiger partial charge in [0.25, 0.3) is 0 Å². The highest BCUT2D eigenvalue weighted by molar-refractivity contribution is 5.96. The van der Waals surface area contributed by atoms with Gasteiger partial charge in [-0.25, -0.2) is 4.99 Å². The van der Waals surface area contributed by atoms with Crippen LogP contribution in [0.15, 0.2) is 41.4 Å². The molecule has 0 fully saturated rings. The van der Waals surface area contributed by atoms with Crippen molar-refractivity contribution in [3.8, 4) is 0 Å². The normalized spacial score (nSPS) is 11.6. The quantitative estimate of drug-likeness (QED) is 0.476. The summed E-state index contributed by atoms with van der Waals surface area (Å²) in [4.78, 5) is 17.8. The van der Waals surface area contributed by atoms with E-state index in [-0.39, 0.29) is 0 Å². The van der Waals surface area contributed by atoms with Crippen LogP contribution in [0.5, 0.6) is 0 Å². The van der Waals surface area contributed by atoms with Crippen molar-refractivity contribution in [2.24, 2.45) is 4.99 Å². The van der Waals surface area contributed by atoms with Gasteiger partial charge in [0.05, 0.1) is 5.69 Å². The highest BCUT2D eigenvalue weighted by atomic mass is 16.1. The van der Waals surface area contributed by atoms with E-state index in [9.17, 15) is 4.79 Å². The molecule has 0 N–H and O–H groups in total. The van der Waals surface area contributed by atoms with E-state index in [1.165, 1.54) is 0 Å². The summed E-state index contributed by atoms with van der Waals surface area (Å²) in [5.41, 5.74) is 1.36. The number of amidine groups is 1. The summed E-state index contributed by atoms with van der Waals surface area (Å²) in [7, 11) is 1.99. The number of benzene rings is 2. The molecule has 0 radical (unpaired) electrons. The second-order valence-electron chi connectivity index (χ2n) is 4.55. The van der Waals surface area contributed by atoms with Crippen molar-refractivity contribution in [2.45, 2.75) is 13.8 Å². The van der Waals surface area contributed by atoms with Gasteiger partial charge in [-0.05, 0) is 36.8 Å². The van der Waals surface area contributed by atoms with Gasteiger partial charge in [0.1, 0.15) is 5.84 Å². The van der Waals surface area contributed by atoms with Crippen molar-refractivity contribution < 1.29 is 4.79 Å². The molecule has 3 nitrogen and oxygen atoms in total. The molecule has 98 valence electrons. The molecule has 19 heavy (non-hydrogen) atoms. The average molecular weight is 254 g/mol. The van der Waals surface area contributed by atoms with Crippen molar-refractivity contribution >= 4 is 28.6 Å². The van der Waals surface area contributed by atoms with Gasteiger partial charge >= 0.3 is 0 Å². The molecule has 2 rings (SSSR count). The highest BCUT2D eigenvalue weighted by Crippen LogP contribution is 2.25. The number of carbonyl (C=O) groups excluding carboxylic acids is 1. The van der Waals surface area contributed by atoms with Crippen LogP contribution in [0.1, 0.15) is 24.2 Å². The van der Waals surface area contributed by atoms with Crippen molar-refractivity contribution in [3.05, 3.63) is 42.0 Å². The Kier molecular flexibility index (Phi) is 3.95. The molecule has 0 heterocycles. The minimum Gasteiger partial charge on any atom is -0.364 e. The van der Waals surface area contributed by atoms with E-state index in [1.807, 2.05) is 55.3 Å². The summed E-state index contributed by atoms with van der Waals surface area (Å²) in [6.07, 6.45) is 0.866. The average Bonchev–Trinajstić information content (AvgIpc) is 2.45. The first-order chi connectivity index (χ1) is 9.15. The fourth-order valence-corrected chi connectivity index (χ4v) is 1.93. The molecule has 0 aliphatic heterocycles. The van der Waals surface area contributed by atoms with Gasteiger partial charge in [-0.3, -0.25) is 4.79 Å². The van der Waals surface area contributed by atoms with Crippen LogP contribution in [0.25, 0.3) is 10.8 Å². The fraction of sp³-hybridized carbons (Fsp3) is 0.250. The third kappa shape index (κ3) is 2.81. The molecule has 0 saturated heterocycles. The van der Waals surface area contributed by atoms with Crippen molar-refractivity contribution in [2.75, 3.05) is 13.6 Å². The van der Waals surface area contributed by atoms with E-state index in [2.05, 4.69) is 11.9 Å². The Hall–Kier alpha value is -2.16. The predicted molar refractivity (Wildman–Crippen MR) is 80.4 cm³/mol. The van der Waals surface area contributed by atoms with Crippen molar-refractivity contribution in [1.82, 2.24) is 4.90 Å². The zero-order chi connectivity index (χ0) is 13.8. The van der Waals surface area contributed by atoms with Crippen LogP contribution in [-0.2, 0) is 0 Å². The topological polar surface area (TPSA) is 32.7 Å². The lowest BCUT2D eigenvalue weighted by Crippen LogP contribution is -2.23. The van der Waals surface area contributed by atoms with Gasteiger partial charge in [-0.15, -0.1) is 0 Å². The van der Waals surface area contributed by atoms with E-state index in [1.54, 1.807) is 0 Å². The number of hydrogen-bond acceptors (Lipinski definition) is 2. The Bertz CT molecular complexity index is 632. The minimum absolute atomic E-state index is 0.627. The summed E-state index contributed by atoms with van der Waals surface area (Å²) < 4.78 is 0. The Labute approximate surface area is 113 Å². The molecule has 0 aliphatic carbocycles. The molecule has 0 aromatic heterocycles. The highest BCUT2D eigenvalue weighted by Gasteiger charge is 2.05. The van der Waals surface area contributed by atoms with Gasteiger partial charge < -0.3 is 4.90 Å². The molecule has 0 aliphatic rings. The summed E-state index contributed by atoms with van der Waals surface area (Å²) in [5, 5.41) is 2.16. The third-order valence-corrected chi connectivity index (χ3v) is 3.33. The van der Waals surface area contributed by atoms with Crippen molar-refractivity contribution in [1.29, 1.82) is 0 Å².